The van der Waals surface area contributed by atoms with Gasteiger partial charge in [-0.1, -0.05) is 13.8 Å². The highest BCUT2D eigenvalue weighted by Crippen LogP contribution is 2.50. The van der Waals surface area contributed by atoms with E-state index in [1.165, 1.54) is 19.3 Å². The van der Waals surface area contributed by atoms with E-state index in [4.69, 9.17) is 5.73 Å². The van der Waals surface area contributed by atoms with Gasteiger partial charge in [0.25, 0.3) is 0 Å². The highest BCUT2D eigenvalue weighted by Gasteiger charge is 2.46. The van der Waals surface area contributed by atoms with E-state index in [1.807, 2.05) is 0 Å². The molecule has 0 aromatic heterocycles. The fourth-order valence-electron chi connectivity index (χ4n) is 3.37. The summed E-state index contributed by atoms with van der Waals surface area (Å²) < 4.78 is 0. The average molecular weight is 153 g/mol. The van der Waals surface area contributed by atoms with Gasteiger partial charge in [-0.05, 0) is 42.9 Å². The fraction of sp³-hybridized carbons (Fsp3) is 1.00. The molecule has 2 N–H and O–H groups in total. The number of nitrogens with two attached hydrogens (primary N) is 1. The van der Waals surface area contributed by atoms with Gasteiger partial charge in [0.1, 0.15) is 0 Å². The third-order valence-corrected chi connectivity index (χ3v) is 3.82. The lowest BCUT2D eigenvalue weighted by Gasteiger charge is -2.31. The van der Waals surface area contributed by atoms with Crippen molar-refractivity contribution in [1.29, 1.82) is 0 Å². The summed E-state index contributed by atoms with van der Waals surface area (Å²) in [6.45, 7) is 4.65. The molecule has 0 aromatic rings. The number of hydrogen-bond donors (Lipinski definition) is 1. The molecule has 2 fully saturated rings. The lowest BCUT2D eigenvalue weighted by molar-refractivity contribution is 0.222. The summed E-state index contributed by atoms with van der Waals surface area (Å²) in [5, 5.41) is 0. The largest absolute Gasteiger partial charge is 0.327 e. The van der Waals surface area contributed by atoms with Crippen molar-refractivity contribution in [1.82, 2.24) is 0 Å². The van der Waals surface area contributed by atoms with Crippen molar-refractivity contribution in [3.8, 4) is 0 Å². The van der Waals surface area contributed by atoms with Gasteiger partial charge in [0, 0.05) is 6.04 Å². The average Bonchev–Trinajstić information content (AvgIpc) is 2.44. The van der Waals surface area contributed by atoms with Crippen LogP contribution in [0.5, 0.6) is 0 Å². The van der Waals surface area contributed by atoms with Crippen molar-refractivity contribution in [2.24, 2.45) is 29.4 Å². The summed E-state index contributed by atoms with van der Waals surface area (Å²) in [7, 11) is 0. The molecule has 1 nitrogen and oxygen atoms in total. The smallest absolute Gasteiger partial charge is 0.0101 e. The Bertz CT molecular complexity index is 151. The third-order valence-electron chi connectivity index (χ3n) is 3.82. The Kier molecular flexibility index (Phi) is 1.71. The molecule has 0 heterocycles. The van der Waals surface area contributed by atoms with Crippen molar-refractivity contribution >= 4 is 0 Å². The summed E-state index contributed by atoms with van der Waals surface area (Å²) in [5.74, 6) is 3.51. The van der Waals surface area contributed by atoms with Crippen molar-refractivity contribution < 1.29 is 0 Å². The van der Waals surface area contributed by atoms with Crippen molar-refractivity contribution in [3.63, 3.8) is 0 Å². The lowest BCUT2D eigenvalue weighted by atomic mass is 9.78. The normalized spacial score (nSPS) is 49.1. The van der Waals surface area contributed by atoms with E-state index in [-0.39, 0.29) is 0 Å². The van der Waals surface area contributed by atoms with Crippen molar-refractivity contribution in [2.45, 2.75) is 39.2 Å². The molecule has 4 atom stereocenters. The molecule has 2 aliphatic carbocycles. The zero-order chi connectivity index (χ0) is 8.01. The maximum absolute atomic E-state index is 6.17. The molecule has 11 heavy (non-hydrogen) atoms. The predicted octanol–water partition coefficient (Wildman–Crippen LogP) is 2.02. The van der Waals surface area contributed by atoms with Crippen LogP contribution >= 0.6 is 0 Å². The minimum absolute atomic E-state index is 0.536. The fourth-order valence-corrected chi connectivity index (χ4v) is 3.37. The third kappa shape index (κ3) is 1.01. The van der Waals surface area contributed by atoms with Crippen molar-refractivity contribution in [2.75, 3.05) is 0 Å². The first-order valence-electron chi connectivity index (χ1n) is 4.95. The molecule has 64 valence electrons. The minimum atomic E-state index is 0.536. The van der Waals surface area contributed by atoms with Crippen LogP contribution in [0.3, 0.4) is 0 Å². The Morgan fingerprint density at radius 1 is 1.18 bits per heavy atom. The van der Waals surface area contributed by atoms with E-state index in [2.05, 4.69) is 13.8 Å². The van der Waals surface area contributed by atoms with Gasteiger partial charge in [-0.2, -0.15) is 0 Å². The van der Waals surface area contributed by atoms with E-state index in [1.54, 1.807) is 0 Å². The Morgan fingerprint density at radius 2 is 1.82 bits per heavy atom. The van der Waals surface area contributed by atoms with Gasteiger partial charge in [0.05, 0.1) is 0 Å². The molecule has 2 saturated carbocycles. The van der Waals surface area contributed by atoms with Crippen LogP contribution in [0.2, 0.25) is 0 Å². The zero-order valence-corrected chi connectivity index (χ0v) is 7.59. The predicted molar refractivity (Wildman–Crippen MR) is 47.1 cm³/mol. The molecule has 2 bridgehead atoms. The Labute approximate surface area is 69.4 Å². The van der Waals surface area contributed by atoms with Gasteiger partial charge in [-0.25, -0.2) is 0 Å². The molecule has 0 saturated heterocycles. The van der Waals surface area contributed by atoms with Gasteiger partial charge in [0.2, 0.25) is 0 Å². The van der Waals surface area contributed by atoms with Gasteiger partial charge in [-0.15, -0.1) is 0 Å². The van der Waals surface area contributed by atoms with Crippen LogP contribution in [0.15, 0.2) is 0 Å². The van der Waals surface area contributed by atoms with E-state index >= 15 is 0 Å². The second-order valence-corrected chi connectivity index (χ2v) is 4.73. The molecule has 2 aliphatic rings. The van der Waals surface area contributed by atoms with Gasteiger partial charge in [0.15, 0.2) is 0 Å². The first-order chi connectivity index (χ1) is 5.20. The minimum Gasteiger partial charge on any atom is -0.327 e. The zero-order valence-electron chi connectivity index (χ0n) is 7.59. The monoisotopic (exact) mass is 153 g/mol. The molecule has 0 radical (unpaired) electrons. The number of rotatable bonds is 1. The molecule has 1 unspecified atom stereocenters. The van der Waals surface area contributed by atoms with Gasteiger partial charge in [-0.3, -0.25) is 0 Å². The van der Waals surface area contributed by atoms with Crippen LogP contribution in [-0.2, 0) is 0 Å². The summed E-state index contributed by atoms with van der Waals surface area (Å²) in [4.78, 5) is 0. The summed E-state index contributed by atoms with van der Waals surface area (Å²) >= 11 is 0. The van der Waals surface area contributed by atoms with E-state index in [0.29, 0.717) is 6.04 Å². The van der Waals surface area contributed by atoms with Crippen LogP contribution in [0, 0.1) is 23.7 Å². The molecule has 0 aliphatic heterocycles. The molecular weight excluding hydrogens is 134 g/mol. The van der Waals surface area contributed by atoms with Gasteiger partial charge < -0.3 is 5.73 Å². The second-order valence-electron chi connectivity index (χ2n) is 4.73. The maximum atomic E-state index is 6.17. The quantitative estimate of drug-likeness (QED) is 0.612. The van der Waals surface area contributed by atoms with Gasteiger partial charge >= 0.3 is 0 Å². The molecular formula is C10H19N. The van der Waals surface area contributed by atoms with Crippen LogP contribution in [0.4, 0.5) is 0 Å². The maximum Gasteiger partial charge on any atom is 0.0101 e. The van der Waals surface area contributed by atoms with Crippen LogP contribution < -0.4 is 5.73 Å². The number of hydrogen-bond acceptors (Lipinski definition) is 1. The molecule has 2 rings (SSSR count). The molecule has 0 spiro atoms. The van der Waals surface area contributed by atoms with Crippen molar-refractivity contribution in [3.05, 3.63) is 0 Å². The highest BCUT2D eigenvalue weighted by atomic mass is 14.7. The molecule has 1 heteroatoms. The lowest BCUT2D eigenvalue weighted by Crippen LogP contribution is -2.38. The summed E-state index contributed by atoms with van der Waals surface area (Å²) in [6.07, 6.45) is 4.31. The molecule has 0 amide bonds. The number of fused-ring (bicyclic) bond motifs is 2. The Morgan fingerprint density at radius 3 is 2.18 bits per heavy atom. The second kappa shape index (κ2) is 2.48. The topological polar surface area (TPSA) is 26.0 Å². The Balaban J connectivity index is 2.11. The van der Waals surface area contributed by atoms with E-state index in [9.17, 15) is 0 Å². The van der Waals surface area contributed by atoms with Crippen LogP contribution in [0.25, 0.3) is 0 Å². The SMILES string of the molecule is CC(C)[C@H]1C(N)[C@@H]2CC[C@H]1C2. The first-order valence-corrected chi connectivity index (χ1v) is 4.95. The van der Waals surface area contributed by atoms with E-state index in [0.717, 1.165) is 23.7 Å². The summed E-state index contributed by atoms with van der Waals surface area (Å²) in [5.41, 5.74) is 6.17. The van der Waals surface area contributed by atoms with Crippen LogP contribution in [0.1, 0.15) is 33.1 Å². The van der Waals surface area contributed by atoms with Crippen LogP contribution in [-0.4, -0.2) is 6.04 Å². The Hall–Kier alpha value is -0.0400. The summed E-state index contributed by atoms with van der Waals surface area (Å²) in [6, 6.07) is 0.536. The standard InChI is InChI=1S/C10H19N/c1-6(2)9-7-3-4-8(5-7)10(9)11/h6-10H,3-5,11H2,1-2H3/t7-,8+,9+,10?/m0/s1. The van der Waals surface area contributed by atoms with E-state index < -0.39 is 0 Å². The first kappa shape index (κ1) is 7.60. The highest BCUT2D eigenvalue weighted by molar-refractivity contribution is 4.99. The molecule has 0 aromatic carbocycles.